The van der Waals surface area contributed by atoms with Crippen molar-refractivity contribution in [2.45, 2.75) is 0 Å². The van der Waals surface area contributed by atoms with Gasteiger partial charge in [0.15, 0.2) is 0 Å². The maximum atomic E-state index is 12.4. The zero-order chi connectivity index (χ0) is 23.4. The maximum Gasteiger partial charge on any atom is 0.273 e. The molecule has 0 saturated carbocycles. The topological polar surface area (TPSA) is 165 Å². The molecule has 0 bridgehead atoms. The van der Waals surface area contributed by atoms with Crippen LogP contribution in [0.5, 0.6) is 5.75 Å². The number of nitro benzene ring substituents is 2. The minimum atomic E-state index is -0.682. The van der Waals surface area contributed by atoms with Crippen LogP contribution in [-0.2, 0) is 0 Å². The number of carbonyl (C=O) groups is 2. The normalized spacial score (nSPS) is 10.3. The lowest BCUT2D eigenvalue weighted by Crippen LogP contribution is -2.14. The number of hydrogen-bond donors (Lipinski definition) is 3. The van der Waals surface area contributed by atoms with Gasteiger partial charge in [-0.05, 0) is 36.4 Å². The minimum absolute atomic E-state index is 0.00791. The molecule has 0 atom stereocenters. The summed E-state index contributed by atoms with van der Waals surface area (Å²) in [7, 11) is 0. The number of hydrogen-bond acceptors (Lipinski definition) is 7. The van der Waals surface area contributed by atoms with Crippen molar-refractivity contribution in [3.05, 3.63) is 97.0 Å². The molecule has 3 aromatic carbocycles. The number of amides is 2. The predicted molar refractivity (Wildman–Crippen MR) is 115 cm³/mol. The molecule has 0 aromatic heterocycles. The van der Waals surface area contributed by atoms with Crippen molar-refractivity contribution in [1.29, 1.82) is 0 Å². The van der Waals surface area contributed by atoms with Crippen LogP contribution in [0, 0.1) is 20.2 Å². The number of nitrogens with zero attached hydrogens (tertiary/aromatic N) is 2. The lowest BCUT2D eigenvalue weighted by atomic mass is 10.1. The lowest BCUT2D eigenvalue weighted by molar-refractivity contribution is -0.385. The van der Waals surface area contributed by atoms with Gasteiger partial charge in [-0.1, -0.05) is 11.6 Å². The van der Waals surface area contributed by atoms with Gasteiger partial charge in [0, 0.05) is 29.3 Å². The van der Waals surface area contributed by atoms with Crippen LogP contribution in [0.15, 0.2) is 60.7 Å². The molecule has 0 aliphatic heterocycles. The first kappa shape index (κ1) is 22.2. The zero-order valence-corrected chi connectivity index (χ0v) is 16.7. The third-order valence-corrected chi connectivity index (χ3v) is 4.57. The van der Waals surface area contributed by atoms with Crippen molar-refractivity contribution >= 4 is 46.2 Å². The second-order valence-corrected chi connectivity index (χ2v) is 6.77. The molecule has 0 unspecified atom stereocenters. The van der Waals surface area contributed by atoms with E-state index in [-0.39, 0.29) is 38.9 Å². The van der Waals surface area contributed by atoms with Gasteiger partial charge in [-0.3, -0.25) is 29.8 Å². The number of non-ortho nitro benzene ring substituents is 2. The maximum absolute atomic E-state index is 12.4. The molecule has 0 spiro atoms. The average Bonchev–Trinajstić information content (AvgIpc) is 2.76. The second kappa shape index (κ2) is 9.10. The molecule has 3 rings (SSSR count). The fourth-order valence-corrected chi connectivity index (χ4v) is 2.84. The van der Waals surface area contributed by atoms with Crippen LogP contribution in [0.25, 0.3) is 0 Å². The molecule has 0 radical (unpaired) electrons. The van der Waals surface area contributed by atoms with Crippen molar-refractivity contribution in [3.8, 4) is 5.75 Å². The van der Waals surface area contributed by atoms with Gasteiger partial charge in [-0.25, -0.2) is 0 Å². The number of rotatable bonds is 6. The van der Waals surface area contributed by atoms with E-state index in [0.29, 0.717) is 0 Å². The Balaban J connectivity index is 1.69. The first-order valence-electron chi connectivity index (χ1n) is 8.80. The summed E-state index contributed by atoms with van der Waals surface area (Å²) in [4.78, 5) is 44.9. The molecule has 162 valence electrons. The molecule has 0 fully saturated rings. The van der Waals surface area contributed by atoms with Gasteiger partial charge < -0.3 is 15.7 Å². The summed E-state index contributed by atoms with van der Waals surface area (Å²) in [6.07, 6.45) is 0. The average molecular weight is 457 g/mol. The van der Waals surface area contributed by atoms with E-state index < -0.39 is 27.4 Å². The Morgan fingerprint density at radius 1 is 0.750 bits per heavy atom. The molecule has 32 heavy (non-hydrogen) atoms. The number of phenolic OH excluding ortho intramolecular Hbond substituents is 1. The summed E-state index contributed by atoms with van der Waals surface area (Å²) in [5.74, 6) is -1.64. The van der Waals surface area contributed by atoms with E-state index in [1.54, 1.807) is 0 Å². The summed E-state index contributed by atoms with van der Waals surface area (Å²) in [6.45, 7) is 0. The Labute approximate surface area is 184 Å². The number of nitro groups is 2. The molecule has 0 aliphatic carbocycles. The van der Waals surface area contributed by atoms with E-state index in [1.165, 1.54) is 42.5 Å². The van der Waals surface area contributed by atoms with E-state index in [2.05, 4.69) is 10.6 Å². The van der Waals surface area contributed by atoms with Gasteiger partial charge >= 0.3 is 0 Å². The molecule has 3 aromatic rings. The highest BCUT2D eigenvalue weighted by atomic mass is 35.5. The van der Waals surface area contributed by atoms with Gasteiger partial charge in [0.2, 0.25) is 0 Å². The van der Waals surface area contributed by atoms with Gasteiger partial charge in [-0.2, -0.15) is 0 Å². The number of anilines is 2. The highest BCUT2D eigenvalue weighted by Crippen LogP contribution is 2.29. The third-order valence-electron chi connectivity index (χ3n) is 4.26. The highest BCUT2D eigenvalue weighted by Gasteiger charge is 2.15. The number of carbonyl (C=O) groups excluding carboxylic acids is 2. The van der Waals surface area contributed by atoms with Crippen LogP contribution in [0.1, 0.15) is 20.7 Å². The summed E-state index contributed by atoms with van der Waals surface area (Å²) in [5.41, 5.74) is -0.0406. The van der Waals surface area contributed by atoms with Gasteiger partial charge in [-0.15, -0.1) is 0 Å². The number of phenols is 1. The van der Waals surface area contributed by atoms with Crippen molar-refractivity contribution in [3.63, 3.8) is 0 Å². The molecule has 11 nitrogen and oxygen atoms in total. The zero-order valence-electron chi connectivity index (χ0n) is 15.9. The monoisotopic (exact) mass is 456 g/mol. The molecule has 0 aliphatic rings. The largest absolute Gasteiger partial charge is 0.506 e. The van der Waals surface area contributed by atoms with Crippen molar-refractivity contribution < 1.29 is 24.5 Å². The minimum Gasteiger partial charge on any atom is -0.506 e. The SMILES string of the molecule is O=C(Nc1ccc([N+](=O)[O-])cc1O)c1ccc(C(=O)Nc2ccc([N+](=O)[O-])cc2Cl)cc1. The first-order valence-corrected chi connectivity index (χ1v) is 9.17. The summed E-state index contributed by atoms with van der Waals surface area (Å²) in [6, 6.07) is 12.3. The number of nitrogens with one attached hydrogen (secondary N) is 2. The summed E-state index contributed by atoms with van der Waals surface area (Å²) < 4.78 is 0. The van der Waals surface area contributed by atoms with Crippen molar-refractivity contribution in [1.82, 2.24) is 0 Å². The Kier molecular flexibility index (Phi) is 6.31. The van der Waals surface area contributed by atoms with Gasteiger partial charge in [0.25, 0.3) is 23.2 Å². The fraction of sp³-hybridized carbons (Fsp3) is 0. The molecule has 0 saturated heterocycles. The summed E-state index contributed by atoms with van der Waals surface area (Å²) in [5, 5.41) is 36.2. The highest BCUT2D eigenvalue weighted by molar-refractivity contribution is 6.34. The van der Waals surface area contributed by atoms with Crippen LogP contribution in [0.2, 0.25) is 5.02 Å². The van der Waals surface area contributed by atoms with Crippen LogP contribution in [-0.4, -0.2) is 26.8 Å². The van der Waals surface area contributed by atoms with E-state index in [9.17, 15) is 34.9 Å². The van der Waals surface area contributed by atoms with Crippen LogP contribution in [0.3, 0.4) is 0 Å². The van der Waals surface area contributed by atoms with Crippen LogP contribution >= 0.6 is 11.6 Å². The van der Waals surface area contributed by atoms with Crippen molar-refractivity contribution in [2.75, 3.05) is 10.6 Å². The molecule has 2 amide bonds. The Hall–Kier alpha value is -4.51. The van der Waals surface area contributed by atoms with E-state index in [4.69, 9.17) is 11.6 Å². The summed E-state index contributed by atoms with van der Waals surface area (Å²) >= 11 is 5.96. The first-order chi connectivity index (χ1) is 15.2. The number of halogens is 1. The Morgan fingerprint density at radius 3 is 1.62 bits per heavy atom. The Bertz CT molecular complexity index is 1150. The quantitative estimate of drug-likeness (QED) is 0.281. The van der Waals surface area contributed by atoms with Gasteiger partial charge in [0.05, 0.1) is 32.3 Å². The predicted octanol–water partition coefficient (Wildman–Crippen LogP) is 4.37. The van der Waals surface area contributed by atoms with E-state index in [0.717, 1.165) is 18.2 Å². The third kappa shape index (κ3) is 4.96. The number of aromatic hydroxyl groups is 1. The standard InChI is InChI=1S/C20H13ClN4O7/c21-15-9-13(24(29)30)5-7-16(15)22-19(27)11-1-3-12(4-2-11)20(28)23-17-8-6-14(25(31)32)10-18(17)26/h1-10,26H,(H,22,27)(H,23,28). The van der Waals surface area contributed by atoms with Crippen molar-refractivity contribution in [2.24, 2.45) is 0 Å². The van der Waals surface area contributed by atoms with E-state index in [1.807, 2.05) is 0 Å². The molecule has 3 N–H and O–H groups in total. The molecule has 12 heteroatoms. The molecule has 0 heterocycles. The smallest absolute Gasteiger partial charge is 0.273 e. The van der Waals surface area contributed by atoms with Gasteiger partial charge in [0.1, 0.15) is 5.75 Å². The molecular weight excluding hydrogens is 444 g/mol. The number of benzene rings is 3. The second-order valence-electron chi connectivity index (χ2n) is 6.37. The van der Waals surface area contributed by atoms with Crippen LogP contribution < -0.4 is 10.6 Å². The van der Waals surface area contributed by atoms with E-state index >= 15 is 0 Å². The molecular formula is C20H13ClN4O7. The Morgan fingerprint density at radius 2 is 1.19 bits per heavy atom. The lowest BCUT2D eigenvalue weighted by Gasteiger charge is -2.09. The van der Waals surface area contributed by atoms with Crippen LogP contribution in [0.4, 0.5) is 22.7 Å². The fourth-order valence-electron chi connectivity index (χ4n) is 2.62.